The molecule has 0 aliphatic heterocycles. The first-order valence-corrected chi connectivity index (χ1v) is 3.97. The summed E-state index contributed by atoms with van der Waals surface area (Å²) in [5, 5.41) is 0. The van der Waals surface area contributed by atoms with E-state index in [1.807, 2.05) is 13.8 Å². The first-order chi connectivity index (χ1) is 5.16. The van der Waals surface area contributed by atoms with Crippen LogP contribution in [0.5, 0.6) is 0 Å². The standard InChI is InChI=1S/C10H14O/c1-7(2)9-5-4-8(3)10(9)6-11/h6,9H,1,4-5H2,2-3H3/t9-/m1/s1. The molecule has 1 aliphatic rings. The molecule has 1 rings (SSSR count). The van der Waals surface area contributed by atoms with Crippen molar-refractivity contribution in [2.45, 2.75) is 26.7 Å². The molecule has 0 radical (unpaired) electrons. The van der Waals surface area contributed by atoms with Crippen LogP contribution in [-0.4, -0.2) is 6.29 Å². The minimum absolute atomic E-state index is 0.340. The van der Waals surface area contributed by atoms with Crippen molar-refractivity contribution < 1.29 is 4.79 Å². The van der Waals surface area contributed by atoms with E-state index >= 15 is 0 Å². The second kappa shape index (κ2) is 3.04. The Morgan fingerprint density at radius 3 is 2.73 bits per heavy atom. The van der Waals surface area contributed by atoms with E-state index < -0.39 is 0 Å². The lowest BCUT2D eigenvalue weighted by Crippen LogP contribution is -2.01. The van der Waals surface area contributed by atoms with Crippen LogP contribution < -0.4 is 0 Å². The predicted octanol–water partition coefficient (Wildman–Crippen LogP) is 2.49. The van der Waals surface area contributed by atoms with Gasteiger partial charge in [-0.3, -0.25) is 4.79 Å². The lowest BCUT2D eigenvalue weighted by atomic mass is 9.95. The van der Waals surface area contributed by atoms with Crippen LogP contribution >= 0.6 is 0 Å². The maximum Gasteiger partial charge on any atom is 0.146 e. The maximum atomic E-state index is 10.6. The summed E-state index contributed by atoms with van der Waals surface area (Å²) in [5.41, 5.74) is 3.33. The maximum absolute atomic E-state index is 10.6. The first-order valence-electron chi connectivity index (χ1n) is 3.97. The van der Waals surface area contributed by atoms with Crippen LogP contribution in [-0.2, 0) is 4.79 Å². The van der Waals surface area contributed by atoms with E-state index in [0.29, 0.717) is 5.92 Å². The van der Waals surface area contributed by atoms with Gasteiger partial charge in [-0.1, -0.05) is 17.7 Å². The molecule has 0 aromatic carbocycles. The first kappa shape index (κ1) is 8.25. The van der Waals surface area contributed by atoms with E-state index in [1.165, 1.54) is 5.57 Å². The van der Waals surface area contributed by atoms with Crippen LogP contribution in [0.3, 0.4) is 0 Å². The molecule has 0 bridgehead atoms. The van der Waals surface area contributed by atoms with Crippen molar-refractivity contribution in [3.8, 4) is 0 Å². The van der Waals surface area contributed by atoms with Crippen molar-refractivity contribution in [3.05, 3.63) is 23.3 Å². The third kappa shape index (κ3) is 1.42. The molecule has 1 heteroatoms. The second-order valence-electron chi connectivity index (χ2n) is 3.29. The lowest BCUT2D eigenvalue weighted by Gasteiger charge is -2.09. The number of aldehydes is 1. The van der Waals surface area contributed by atoms with Crippen molar-refractivity contribution in [1.82, 2.24) is 0 Å². The summed E-state index contributed by atoms with van der Waals surface area (Å²) < 4.78 is 0. The minimum atomic E-state index is 0.340. The molecule has 0 aromatic rings. The lowest BCUT2D eigenvalue weighted by molar-refractivity contribution is -0.105. The van der Waals surface area contributed by atoms with Crippen molar-refractivity contribution >= 4 is 6.29 Å². The molecule has 1 aliphatic carbocycles. The van der Waals surface area contributed by atoms with E-state index in [2.05, 4.69) is 6.58 Å². The molecule has 60 valence electrons. The predicted molar refractivity (Wildman–Crippen MR) is 46.3 cm³/mol. The smallest absolute Gasteiger partial charge is 0.146 e. The number of carbonyl (C=O) groups is 1. The van der Waals surface area contributed by atoms with Crippen LogP contribution in [0, 0.1) is 5.92 Å². The van der Waals surface area contributed by atoms with Gasteiger partial charge in [0.05, 0.1) is 0 Å². The quantitative estimate of drug-likeness (QED) is 0.436. The molecule has 1 nitrogen and oxygen atoms in total. The SMILES string of the molecule is C=C(C)[C@H]1CCC(C)=C1C=O. The fourth-order valence-electron chi connectivity index (χ4n) is 1.65. The normalized spacial score (nSPS) is 24.0. The molecule has 0 unspecified atom stereocenters. The molecule has 0 aromatic heterocycles. The highest BCUT2D eigenvalue weighted by atomic mass is 16.1. The van der Waals surface area contributed by atoms with E-state index in [4.69, 9.17) is 0 Å². The van der Waals surface area contributed by atoms with Crippen LogP contribution in [0.4, 0.5) is 0 Å². The topological polar surface area (TPSA) is 17.1 Å². The van der Waals surface area contributed by atoms with Gasteiger partial charge in [0.25, 0.3) is 0 Å². The van der Waals surface area contributed by atoms with Crippen LogP contribution in [0.1, 0.15) is 26.7 Å². The molecular weight excluding hydrogens is 136 g/mol. The Kier molecular flexibility index (Phi) is 2.28. The number of carbonyl (C=O) groups excluding carboxylic acids is 1. The van der Waals surface area contributed by atoms with Crippen molar-refractivity contribution in [2.75, 3.05) is 0 Å². The molecule has 11 heavy (non-hydrogen) atoms. The Morgan fingerprint density at radius 1 is 1.73 bits per heavy atom. The highest BCUT2D eigenvalue weighted by Crippen LogP contribution is 2.34. The van der Waals surface area contributed by atoms with E-state index in [0.717, 1.165) is 30.3 Å². The summed E-state index contributed by atoms with van der Waals surface area (Å²) in [6.07, 6.45) is 3.13. The van der Waals surface area contributed by atoms with Crippen molar-refractivity contribution in [2.24, 2.45) is 5.92 Å². The van der Waals surface area contributed by atoms with Gasteiger partial charge >= 0.3 is 0 Å². The molecule has 0 spiro atoms. The van der Waals surface area contributed by atoms with Crippen LogP contribution in [0.25, 0.3) is 0 Å². The molecule has 0 N–H and O–H groups in total. The average Bonchev–Trinajstić information content (AvgIpc) is 2.30. The summed E-state index contributed by atoms with van der Waals surface area (Å²) in [5.74, 6) is 0.340. The fraction of sp³-hybridized carbons (Fsp3) is 0.500. The molecule has 0 fully saturated rings. The number of hydrogen-bond donors (Lipinski definition) is 0. The number of allylic oxidation sites excluding steroid dienone is 3. The van der Waals surface area contributed by atoms with Crippen molar-refractivity contribution in [3.63, 3.8) is 0 Å². The molecule has 0 saturated heterocycles. The molecule has 0 amide bonds. The minimum Gasteiger partial charge on any atom is -0.298 e. The third-order valence-electron chi connectivity index (χ3n) is 2.40. The van der Waals surface area contributed by atoms with Crippen LogP contribution in [0.2, 0.25) is 0 Å². The highest BCUT2D eigenvalue weighted by Gasteiger charge is 2.22. The monoisotopic (exact) mass is 150 g/mol. The molecule has 1 atom stereocenters. The Bertz CT molecular complexity index is 223. The second-order valence-corrected chi connectivity index (χ2v) is 3.29. The number of rotatable bonds is 2. The summed E-state index contributed by atoms with van der Waals surface area (Å²) in [6.45, 7) is 7.90. The summed E-state index contributed by atoms with van der Waals surface area (Å²) in [6, 6.07) is 0. The third-order valence-corrected chi connectivity index (χ3v) is 2.40. The van der Waals surface area contributed by atoms with Gasteiger partial charge in [0.15, 0.2) is 0 Å². The van der Waals surface area contributed by atoms with Gasteiger partial charge in [-0.2, -0.15) is 0 Å². The van der Waals surface area contributed by atoms with Crippen molar-refractivity contribution in [1.29, 1.82) is 0 Å². The van der Waals surface area contributed by atoms with Gasteiger partial charge in [-0.15, -0.1) is 0 Å². The van der Waals surface area contributed by atoms with Gasteiger partial charge in [-0.05, 0) is 32.3 Å². The van der Waals surface area contributed by atoms with Gasteiger partial charge < -0.3 is 0 Å². The van der Waals surface area contributed by atoms with Gasteiger partial charge in [0.1, 0.15) is 6.29 Å². The summed E-state index contributed by atoms with van der Waals surface area (Å²) in [7, 11) is 0. The Balaban J connectivity index is 2.88. The summed E-state index contributed by atoms with van der Waals surface area (Å²) in [4.78, 5) is 10.6. The Hall–Kier alpha value is -0.850. The van der Waals surface area contributed by atoms with Crippen LogP contribution in [0.15, 0.2) is 23.3 Å². The van der Waals surface area contributed by atoms with Gasteiger partial charge in [0, 0.05) is 5.92 Å². The van der Waals surface area contributed by atoms with Gasteiger partial charge in [-0.25, -0.2) is 0 Å². The summed E-state index contributed by atoms with van der Waals surface area (Å²) >= 11 is 0. The average molecular weight is 150 g/mol. The molecule has 0 heterocycles. The van der Waals surface area contributed by atoms with E-state index in [-0.39, 0.29) is 0 Å². The van der Waals surface area contributed by atoms with E-state index in [1.54, 1.807) is 0 Å². The zero-order valence-electron chi connectivity index (χ0n) is 7.18. The largest absolute Gasteiger partial charge is 0.298 e. The highest BCUT2D eigenvalue weighted by molar-refractivity contribution is 5.77. The Labute approximate surface area is 67.8 Å². The molecule has 0 saturated carbocycles. The van der Waals surface area contributed by atoms with Gasteiger partial charge in [0.2, 0.25) is 0 Å². The fourth-order valence-corrected chi connectivity index (χ4v) is 1.65. The Morgan fingerprint density at radius 2 is 2.36 bits per heavy atom. The number of hydrogen-bond acceptors (Lipinski definition) is 1. The zero-order chi connectivity index (χ0) is 8.43. The zero-order valence-corrected chi connectivity index (χ0v) is 7.18. The molecular formula is C10H14O. The van der Waals surface area contributed by atoms with E-state index in [9.17, 15) is 4.79 Å².